The molecule has 0 aliphatic carbocycles. The summed E-state index contributed by atoms with van der Waals surface area (Å²) in [6.07, 6.45) is 3.82. The molecule has 0 aliphatic rings. The number of anilines is 2. The third-order valence-corrected chi connectivity index (χ3v) is 4.24. The summed E-state index contributed by atoms with van der Waals surface area (Å²) >= 11 is 0. The Morgan fingerprint density at radius 3 is 2.80 bits per heavy atom. The predicted molar refractivity (Wildman–Crippen MR) is 100 cm³/mol. The number of nitrogens with zero attached hydrogens (tertiary/aromatic N) is 4. The fourth-order valence-corrected chi connectivity index (χ4v) is 2.66. The van der Waals surface area contributed by atoms with Gasteiger partial charge >= 0.3 is 0 Å². The summed E-state index contributed by atoms with van der Waals surface area (Å²) in [4.78, 5) is 26.0. The van der Waals surface area contributed by atoms with Crippen LogP contribution >= 0.6 is 0 Å². The molecule has 1 aromatic carbocycles. The lowest BCUT2D eigenvalue weighted by Gasteiger charge is -2.13. The number of unbranched alkanes of at least 4 members (excludes halogenated alkanes) is 1. The van der Waals surface area contributed by atoms with Gasteiger partial charge in [0.2, 0.25) is 5.95 Å². The van der Waals surface area contributed by atoms with E-state index < -0.39 is 0 Å². The van der Waals surface area contributed by atoms with Crippen LogP contribution in [0.4, 0.5) is 11.6 Å². The number of hydrogen-bond donors (Lipinski definition) is 2. The first-order chi connectivity index (χ1) is 12.2. The fourth-order valence-electron chi connectivity index (χ4n) is 2.66. The van der Waals surface area contributed by atoms with Crippen molar-refractivity contribution in [2.45, 2.75) is 26.3 Å². The number of para-hydroxylation sites is 1. The molecular weight excluding hydrogens is 316 g/mol. The SMILES string of the molecule is CCN(C)CCCCn1cnc2c(=O)[nH]c(Nc3ccccc3)nc21. The van der Waals surface area contributed by atoms with Gasteiger partial charge in [-0.25, -0.2) is 4.98 Å². The summed E-state index contributed by atoms with van der Waals surface area (Å²) in [7, 11) is 2.12. The van der Waals surface area contributed by atoms with Crippen molar-refractivity contribution < 1.29 is 0 Å². The van der Waals surface area contributed by atoms with Gasteiger partial charge in [-0.2, -0.15) is 4.98 Å². The van der Waals surface area contributed by atoms with E-state index in [1.165, 1.54) is 0 Å². The van der Waals surface area contributed by atoms with Gasteiger partial charge in [0.1, 0.15) is 0 Å². The molecule has 0 fully saturated rings. The number of nitrogens with one attached hydrogen (secondary N) is 2. The largest absolute Gasteiger partial charge is 0.326 e. The Morgan fingerprint density at radius 2 is 2.04 bits per heavy atom. The van der Waals surface area contributed by atoms with E-state index in [1.54, 1.807) is 6.33 Å². The highest BCUT2D eigenvalue weighted by Gasteiger charge is 2.10. The van der Waals surface area contributed by atoms with Gasteiger partial charge in [-0.15, -0.1) is 0 Å². The molecule has 132 valence electrons. The highest BCUT2D eigenvalue weighted by molar-refractivity contribution is 5.71. The third-order valence-electron chi connectivity index (χ3n) is 4.24. The number of hydrogen-bond acceptors (Lipinski definition) is 5. The van der Waals surface area contributed by atoms with Crippen LogP contribution in [-0.2, 0) is 6.54 Å². The molecule has 2 aromatic heterocycles. The Hall–Kier alpha value is -2.67. The molecule has 0 saturated carbocycles. The van der Waals surface area contributed by atoms with Crippen molar-refractivity contribution >= 4 is 22.8 Å². The molecule has 0 radical (unpaired) electrons. The Morgan fingerprint density at radius 1 is 1.24 bits per heavy atom. The Labute approximate surface area is 146 Å². The average molecular weight is 340 g/mol. The molecule has 3 aromatic rings. The molecule has 0 aliphatic heterocycles. The summed E-state index contributed by atoms with van der Waals surface area (Å²) in [5.74, 6) is 0.427. The van der Waals surface area contributed by atoms with Gasteiger partial charge in [-0.3, -0.25) is 9.78 Å². The van der Waals surface area contributed by atoms with Gasteiger partial charge < -0.3 is 14.8 Å². The minimum atomic E-state index is -0.229. The number of rotatable bonds is 8. The molecule has 3 rings (SSSR count). The lowest BCUT2D eigenvalue weighted by Crippen LogP contribution is -2.19. The topological polar surface area (TPSA) is 78.8 Å². The van der Waals surface area contributed by atoms with Crippen molar-refractivity contribution in [2.24, 2.45) is 0 Å². The van der Waals surface area contributed by atoms with Crippen LogP contribution in [-0.4, -0.2) is 44.6 Å². The van der Waals surface area contributed by atoms with Gasteiger partial charge in [0, 0.05) is 12.2 Å². The summed E-state index contributed by atoms with van der Waals surface area (Å²) in [5.41, 5.74) is 1.64. The van der Waals surface area contributed by atoms with Crippen LogP contribution < -0.4 is 10.9 Å². The zero-order valence-corrected chi connectivity index (χ0v) is 14.7. The number of H-pyrrole nitrogens is 1. The molecular formula is C18H24N6O. The van der Waals surface area contributed by atoms with Crippen LogP contribution in [0, 0.1) is 0 Å². The molecule has 25 heavy (non-hydrogen) atoms. The maximum absolute atomic E-state index is 12.2. The molecule has 0 spiro atoms. The van der Waals surface area contributed by atoms with Crippen LogP contribution in [0.2, 0.25) is 0 Å². The second-order valence-electron chi connectivity index (χ2n) is 6.12. The highest BCUT2D eigenvalue weighted by Crippen LogP contribution is 2.14. The Bertz CT molecular complexity index is 870. The van der Waals surface area contributed by atoms with Crippen molar-refractivity contribution in [2.75, 3.05) is 25.5 Å². The van der Waals surface area contributed by atoms with E-state index in [9.17, 15) is 4.79 Å². The first kappa shape index (κ1) is 17.2. The van der Waals surface area contributed by atoms with E-state index in [1.807, 2.05) is 34.9 Å². The van der Waals surface area contributed by atoms with E-state index >= 15 is 0 Å². The normalized spacial score (nSPS) is 11.3. The highest BCUT2D eigenvalue weighted by atomic mass is 16.1. The molecule has 0 unspecified atom stereocenters. The van der Waals surface area contributed by atoms with Crippen molar-refractivity contribution in [3.63, 3.8) is 0 Å². The van der Waals surface area contributed by atoms with Gasteiger partial charge in [0.05, 0.1) is 6.33 Å². The van der Waals surface area contributed by atoms with Crippen LogP contribution in [0.3, 0.4) is 0 Å². The number of fused-ring (bicyclic) bond motifs is 1. The van der Waals surface area contributed by atoms with Crippen LogP contribution in [0.15, 0.2) is 41.5 Å². The number of benzene rings is 1. The molecule has 0 saturated heterocycles. The molecule has 2 N–H and O–H groups in total. The van der Waals surface area contributed by atoms with E-state index in [0.29, 0.717) is 17.1 Å². The van der Waals surface area contributed by atoms with Crippen LogP contribution in [0.25, 0.3) is 11.2 Å². The minimum absolute atomic E-state index is 0.229. The molecule has 7 nitrogen and oxygen atoms in total. The van der Waals surface area contributed by atoms with E-state index in [2.05, 4.69) is 39.1 Å². The first-order valence-electron chi connectivity index (χ1n) is 8.63. The fraction of sp³-hybridized carbons (Fsp3) is 0.389. The number of aryl methyl sites for hydroxylation is 1. The Balaban J connectivity index is 1.75. The Kier molecular flexibility index (Phi) is 5.45. The molecule has 0 bridgehead atoms. The van der Waals surface area contributed by atoms with Crippen molar-refractivity contribution in [3.05, 3.63) is 47.0 Å². The maximum atomic E-state index is 12.2. The predicted octanol–water partition coefficient (Wildman–Crippen LogP) is 2.60. The maximum Gasteiger partial charge on any atom is 0.280 e. The first-order valence-corrected chi connectivity index (χ1v) is 8.63. The summed E-state index contributed by atoms with van der Waals surface area (Å²) in [6.45, 7) is 5.08. The second kappa shape index (κ2) is 7.94. The van der Waals surface area contributed by atoms with Gasteiger partial charge in [0.25, 0.3) is 5.56 Å². The quantitative estimate of drug-likeness (QED) is 0.616. The van der Waals surface area contributed by atoms with Gasteiger partial charge in [0.15, 0.2) is 11.2 Å². The van der Waals surface area contributed by atoms with Crippen molar-refractivity contribution in [3.8, 4) is 0 Å². The van der Waals surface area contributed by atoms with Gasteiger partial charge in [-0.1, -0.05) is 25.1 Å². The van der Waals surface area contributed by atoms with E-state index in [-0.39, 0.29) is 5.56 Å². The molecule has 2 heterocycles. The number of imidazole rings is 1. The summed E-state index contributed by atoms with van der Waals surface area (Å²) in [5, 5.41) is 3.13. The standard InChI is InChI=1S/C18H24N6O/c1-3-23(2)11-7-8-12-24-13-19-15-16(24)21-18(22-17(15)25)20-14-9-5-4-6-10-14/h4-6,9-10,13H,3,7-8,11-12H2,1-2H3,(H2,20,21,22,25). The van der Waals surface area contributed by atoms with Crippen molar-refractivity contribution in [1.29, 1.82) is 0 Å². The van der Waals surface area contributed by atoms with E-state index in [4.69, 9.17) is 0 Å². The number of aromatic nitrogens is 4. The zero-order chi connectivity index (χ0) is 17.6. The second-order valence-corrected chi connectivity index (χ2v) is 6.12. The number of aromatic amines is 1. The van der Waals surface area contributed by atoms with Crippen molar-refractivity contribution in [1.82, 2.24) is 24.4 Å². The summed E-state index contributed by atoms with van der Waals surface area (Å²) < 4.78 is 1.95. The zero-order valence-electron chi connectivity index (χ0n) is 14.7. The van der Waals surface area contributed by atoms with Crippen LogP contribution in [0.5, 0.6) is 0 Å². The molecule has 0 amide bonds. The van der Waals surface area contributed by atoms with Gasteiger partial charge in [-0.05, 0) is 45.1 Å². The average Bonchev–Trinajstić information content (AvgIpc) is 3.03. The minimum Gasteiger partial charge on any atom is -0.326 e. The monoisotopic (exact) mass is 340 g/mol. The van der Waals surface area contributed by atoms with Crippen LogP contribution in [0.1, 0.15) is 19.8 Å². The molecule has 0 atom stereocenters. The lowest BCUT2D eigenvalue weighted by atomic mass is 10.3. The lowest BCUT2D eigenvalue weighted by molar-refractivity contribution is 0.339. The smallest absolute Gasteiger partial charge is 0.280 e. The third kappa shape index (κ3) is 4.24. The summed E-state index contributed by atoms with van der Waals surface area (Å²) in [6, 6.07) is 9.64. The van der Waals surface area contributed by atoms with E-state index in [0.717, 1.165) is 38.2 Å². The molecule has 7 heteroatoms.